The van der Waals surface area contributed by atoms with E-state index in [1.54, 1.807) is 18.3 Å². The molecule has 0 spiro atoms. The van der Waals surface area contributed by atoms with Crippen molar-refractivity contribution in [2.75, 3.05) is 5.73 Å². The molecule has 0 amide bonds. The Balaban J connectivity index is 0.00000144. The monoisotopic (exact) mass is 405 g/mol. The molecule has 0 aliphatic heterocycles. The molecule has 2 aromatic heterocycles. The van der Waals surface area contributed by atoms with Gasteiger partial charge in [-0.25, -0.2) is 15.0 Å². The predicted molar refractivity (Wildman–Crippen MR) is 103 cm³/mol. The molecule has 0 fully saturated rings. The summed E-state index contributed by atoms with van der Waals surface area (Å²) < 4.78 is 0. The van der Waals surface area contributed by atoms with E-state index in [-0.39, 0.29) is 30.8 Å². The fourth-order valence-electron chi connectivity index (χ4n) is 2.33. The molecule has 3 aromatic rings. The summed E-state index contributed by atoms with van der Waals surface area (Å²) >= 11 is 12.3. The summed E-state index contributed by atoms with van der Waals surface area (Å²) in [6.07, 6.45) is 1.66. The highest BCUT2D eigenvalue weighted by molar-refractivity contribution is 6.36. The van der Waals surface area contributed by atoms with Crippen molar-refractivity contribution in [1.82, 2.24) is 19.9 Å². The van der Waals surface area contributed by atoms with Crippen molar-refractivity contribution in [3.8, 4) is 22.5 Å². The van der Waals surface area contributed by atoms with Crippen molar-refractivity contribution in [2.24, 2.45) is 0 Å². The van der Waals surface area contributed by atoms with E-state index in [4.69, 9.17) is 28.9 Å². The Morgan fingerprint density at radius 3 is 2.29 bits per heavy atom. The standard InChI is InChI=1S/C15H13Cl2N5.2ClH/c1-7-13(21-8(2)20-7)11-6-19-15(18)22-14(11)10-4-3-9(16)5-12(10)17;;/h3-6H,1-2H3,(H,20,21)(H2,18,19,22);2*1H. The number of aromatic amines is 1. The number of nitrogens with two attached hydrogens (primary N) is 1. The molecule has 0 saturated carbocycles. The number of H-pyrrole nitrogens is 1. The minimum absolute atomic E-state index is 0. The van der Waals surface area contributed by atoms with Crippen LogP contribution in [0, 0.1) is 13.8 Å². The second kappa shape index (κ2) is 8.03. The Morgan fingerprint density at radius 1 is 1.00 bits per heavy atom. The van der Waals surface area contributed by atoms with Crippen molar-refractivity contribution >= 4 is 54.0 Å². The van der Waals surface area contributed by atoms with E-state index in [9.17, 15) is 0 Å². The van der Waals surface area contributed by atoms with E-state index < -0.39 is 0 Å². The third kappa shape index (κ3) is 3.92. The van der Waals surface area contributed by atoms with Crippen LogP contribution in [0.15, 0.2) is 24.4 Å². The molecule has 0 aliphatic carbocycles. The Labute approximate surface area is 161 Å². The molecule has 128 valence electrons. The fraction of sp³-hybridized carbons (Fsp3) is 0.133. The van der Waals surface area contributed by atoms with Gasteiger partial charge in [-0.1, -0.05) is 23.2 Å². The van der Waals surface area contributed by atoms with Crippen LogP contribution in [0.3, 0.4) is 0 Å². The fourth-order valence-corrected chi connectivity index (χ4v) is 2.83. The van der Waals surface area contributed by atoms with Gasteiger partial charge < -0.3 is 10.7 Å². The van der Waals surface area contributed by atoms with E-state index in [0.29, 0.717) is 15.7 Å². The minimum Gasteiger partial charge on any atom is -0.368 e. The SMILES string of the molecule is Cc1nc(-c2cnc(N)nc2-c2ccc(Cl)cc2Cl)c(C)[nH]1.Cl.Cl. The van der Waals surface area contributed by atoms with Crippen molar-refractivity contribution in [1.29, 1.82) is 0 Å². The maximum atomic E-state index is 6.31. The second-order valence-electron chi connectivity index (χ2n) is 4.91. The zero-order valence-electron chi connectivity index (χ0n) is 12.8. The molecule has 1 aromatic carbocycles. The van der Waals surface area contributed by atoms with Gasteiger partial charge >= 0.3 is 0 Å². The number of nitrogen functional groups attached to an aromatic ring is 1. The summed E-state index contributed by atoms with van der Waals surface area (Å²) in [5.41, 5.74) is 9.58. The molecule has 0 unspecified atom stereocenters. The molecule has 0 saturated heterocycles. The molecule has 0 aliphatic rings. The van der Waals surface area contributed by atoms with Crippen LogP contribution in [-0.2, 0) is 0 Å². The molecule has 5 nitrogen and oxygen atoms in total. The van der Waals surface area contributed by atoms with E-state index >= 15 is 0 Å². The van der Waals surface area contributed by atoms with Crippen LogP contribution in [0.1, 0.15) is 11.5 Å². The first-order valence-corrected chi connectivity index (χ1v) is 7.33. The molecule has 24 heavy (non-hydrogen) atoms. The first kappa shape index (κ1) is 20.5. The molecule has 3 rings (SSSR count). The third-order valence-electron chi connectivity index (χ3n) is 3.25. The topological polar surface area (TPSA) is 80.5 Å². The van der Waals surface area contributed by atoms with Crippen LogP contribution < -0.4 is 5.73 Å². The molecule has 2 heterocycles. The number of aryl methyl sites for hydroxylation is 2. The third-order valence-corrected chi connectivity index (χ3v) is 3.80. The number of benzene rings is 1. The Bertz CT molecular complexity index is 863. The number of aromatic nitrogens is 4. The first-order chi connectivity index (χ1) is 10.5. The largest absolute Gasteiger partial charge is 0.368 e. The average Bonchev–Trinajstić information content (AvgIpc) is 2.77. The van der Waals surface area contributed by atoms with E-state index in [2.05, 4.69) is 19.9 Å². The quantitative estimate of drug-likeness (QED) is 0.635. The highest BCUT2D eigenvalue weighted by Gasteiger charge is 2.17. The van der Waals surface area contributed by atoms with Gasteiger partial charge in [0.05, 0.1) is 16.4 Å². The van der Waals surface area contributed by atoms with Gasteiger partial charge in [0.1, 0.15) is 5.82 Å². The van der Waals surface area contributed by atoms with Gasteiger partial charge in [-0.3, -0.25) is 0 Å². The van der Waals surface area contributed by atoms with Crippen molar-refractivity contribution in [2.45, 2.75) is 13.8 Å². The number of imidazole rings is 1. The van der Waals surface area contributed by atoms with Crippen LogP contribution in [0.4, 0.5) is 5.95 Å². The molecule has 0 radical (unpaired) electrons. The molecular formula is C15H15Cl4N5. The number of anilines is 1. The van der Waals surface area contributed by atoms with Crippen LogP contribution >= 0.6 is 48.0 Å². The Morgan fingerprint density at radius 2 is 1.71 bits per heavy atom. The lowest BCUT2D eigenvalue weighted by Gasteiger charge is -2.10. The maximum Gasteiger partial charge on any atom is 0.220 e. The predicted octanol–water partition coefficient (Wildman–Crippen LogP) is 4.88. The van der Waals surface area contributed by atoms with Gasteiger partial charge in [-0.2, -0.15) is 0 Å². The Hall–Kier alpha value is -1.53. The van der Waals surface area contributed by atoms with Crippen LogP contribution in [0.25, 0.3) is 22.5 Å². The average molecular weight is 407 g/mol. The lowest BCUT2D eigenvalue weighted by atomic mass is 10.0. The molecule has 0 bridgehead atoms. The summed E-state index contributed by atoms with van der Waals surface area (Å²) in [6, 6.07) is 5.24. The van der Waals surface area contributed by atoms with Gasteiger partial charge in [-0.05, 0) is 32.0 Å². The number of nitrogens with zero attached hydrogens (tertiary/aromatic N) is 3. The lowest BCUT2D eigenvalue weighted by Crippen LogP contribution is -1.99. The highest BCUT2D eigenvalue weighted by Crippen LogP contribution is 2.36. The number of rotatable bonds is 2. The summed E-state index contributed by atoms with van der Waals surface area (Å²) in [6.45, 7) is 3.84. The number of nitrogens with one attached hydrogen (secondary N) is 1. The molecule has 3 N–H and O–H groups in total. The molecule has 9 heteroatoms. The van der Waals surface area contributed by atoms with Gasteiger partial charge in [-0.15, -0.1) is 24.8 Å². The van der Waals surface area contributed by atoms with E-state index in [1.807, 2.05) is 19.9 Å². The van der Waals surface area contributed by atoms with Gasteiger partial charge in [0, 0.05) is 28.0 Å². The lowest BCUT2D eigenvalue weighted by molar-refractivity contribution is 1.13. The first-order valence-electron chi connectivity index (χ1n) is 6.57. The maximum absolute atomic E-state index is 6.31. The van der Waals surface area contributed by atoms with Crippen LogP contribution in [-0.4, -0.2) is 19.9 Å². The van der Waals surface area contributed by atoms with Crippen molar-refractivity contribution in [3.05, 3.63) is 46.0 Å². The van der Waals surface area contributed by atoms with Crippen molar-refractivity contribution in [3.63, 3.8) is 0 Å². The summed E-state index contributed by atoms with van der Waals surface area (Å²) in [5, 5.41) is 1.06. The number of hydrogen-bond acceptors (Lipinski definition) is 4. The number of hydrogen-bond donors (Lipinski definition) is 2. The number of halogens is 4. The van der Waals surface area contributed by atoms with E-state index in [1.165, 1.54) is 0 Å². The minimum atomic E-state index is 0. The summed E-state index contributed by atoms with van der Waals surface area (Å²) in [7, 11) is 0. The highest BCUT2D eigenvalue weighted by atomic mass is 35.5. The second-order valence-corrected chi connectivity index (χ2v) is 5.75. The van der Waals surface area contributed by atoms with Crippen LogP contribution in [0.5, 0.6) is 0 Å². The van der Waals surface area contributed by atoms with Gasteiger partial charge in [0.25, 0.3) is 0 Å². The normalized spacial score (nSPS) is 10.0. The molecule has 0 atom stereocenters. The summed E-state index contributed by atoms with van der Waals surface area (Å²) in [4.78, 5) is 16.1. The zero-order chi connectivity index (χ0) is 15.9. The Kier molecular flexibility index (Phi) is 6.86. The summed E-state index contributed by atoms with van der Waals surface area (Å²) in [5.74, 6) is 0.993. The van der Waals surface area contributed by atoms with Crippen LogP contribution in [0.2, 0.25) is 10.0 Å². The smallest absolute Gasteiger partial charge is 0.220 e. The molecular weight excluding hydrogens is 392 g/mol. The van der Waals surface area contributed by atoms with Gasteiger partial charge in [0.15, 0.2) is 0 Å². The zero-order valence-corrected chi connectivity index (χ0v) is 15.9. The van der Waals surface area contributed by atoms with E-state index in [0.717, 1.165) is 28.3 Å². The van der Waals surface area contributed by atoms with Crippen molar-refractivity contribution < 1.29 is 0 Å². The van der Waals surface area contributed by atoms with Gasteiger partial charge in [0.2, 0.25) is 5.95 Å².